The Kier molecular flexibility index (Phi) is 6.58. The fourth-order valence-corrected chi connectivity index (χ4v) is 1.89. The fraction of sp³-hybridized carbons (Fsp3) is 0.214. The van der Waals surface area contributed by atoms with Gasteiger partial charge < -0.3 is 5.11 Å². The second-order valence-corrected chi connectivity index (χ2v) is 4.67. The Bertz CT molecular complexity index is 589. The van der Waals surface area contributed by atoms with Crippen molar-refractivity contribution in [2.24, 2.45) is 0 Å². The SMILES string of the molecule is CC(=O)c1cccnc1Cl.CC(O)c1cccnc1Cl. The number of ketones is 1. The Hall–Kier alpha value is -1.49. The third-order valence-corrected chi connectivity index (χ3v) is 2.99. The summed E-state index contributed by atoms with van der Waals surface area (Å²) in [6.07, 6.45) is 2.60. The number of nitrogens with zero attached hydrogens (tertiary/aromatic N) is 2. The van der Waals surface area contributed by atoms with E-state index in [2.05, 4.69) is 9.97 Å². The normalized spacial score (nSPS) is 11.2. The highest BCUT2D eigenvalue weighted by atomic mass is 35.5. The van der Waals surface area contributed by atoms with Gasteiger partial charge in [0.1, 0.15) is 10.3 Å². The van der Waals surface area contributed by atoms with Gasteiger partial charge in [-0.1, -0.05) is 29.3 Å². The maximum atomic E-state index is 10.7. The molecule has 106 valence electrons. The van der Waals surface area contributed by atoms with Gasteiger partial charge in [0.25, 0.3) is 0 Å². The first kappa shape index (κ1) is 16.6. The van der Waals surface area contributed by atoms with Crippen molar-refractivity contribution in [2.45, 2.75) is 20.0 Å². The Balaban J connectivity index is 0.000000200. The molecule has 20 heavy (non-hydrogen) atoms. The number of aliphatic hydroxyl groups is 1. The van der Waals surface area contributed by atoms with Gasteiger partial charge in [-0.15, -0.1) is 0 Å². The Labute approximate surface area is 127 Å². The lowest BCUT2D eigenvalue weighted by atomic mass is 10.2. The van der Waals surface area contributed by atoms with Crippen LogP contribution < -0.4 is 0 Å². The molecule has 0 radical (unpaired) electrons. The van der Waals surface area contributed by atoms with E-state index in [4.69, 9.17) is 28.3 Å². The molecule has 0 fully saturated rings. The van der Waals surface area contributed by atoms with E-state index in [-0.39, 0.29) is 10.9 Å². The summed E-state index contributed by atoms with van der Waals surface area (Å²) in [5, 5.41) is 9.73. The maximum Gasteiger partial charge on any atom is 0.162 e. The van der Waals surface area contributed by atoms with Crippen molar-refractivity contribution in [1.29, 1.82) is 0 Å². The van der Waals surface area contributed by atoms with Crippen LogP contribution in [-0.4, -0.2) is 20.9 Å². The van der Waals surface area contributed by atoms with Crippen LogP contribution in [0.5, 0.6) is 0 Å². The topological polar surface area (TPSA) is 63.1 Å². The van der Waals surface area contributed by atoms with Gasteiger partial charge in [0.05, 0.1) is 11.7 Å². The zero-order chi connectivity index (χ0) is 15.1. The molecule has 0 spiro atoms. The summed E-state index contributed by atoms with van der Waals surface area (Å²) < 4.78 is 0. The molecule has 0 amide bonds. The van der Waals surface area contributed by atoms with Crippen molar-refractivity contribution in [2.75, 3.05) is 0 Å². The largest absolute Gasteiger partial charge is 0.389 e. The molecule has 2 aromatic heterocycles. The minimum atomic E-state index is -0.541. The Morgan fingerprint density at radius 3 is 2.05 bits per heavy atom. The van der Waals surface area contributed by atoms with E-state index in [0.717, 1.165) is 0 Å². The number of rotatable bonds is 2. The molecule has 0 aliphatic heterocycles. The van der Waals surface area contributed by atoms with Crippen molar-refractivity contribution in [3.05, 3.63) is 58.1 Å². The number of hydrogen-bond acceptors (Lipinski definition) is 4. The van der Waals surface area contributed by atoms with E-state index in [1.54, 1.807) is 43.6 Å². The van der Waals surface area contributed by atoms with Crippen LogP contribution in [0.2, 0.25) is 10.3 Å². The van der Waals surface area contributed by atoms with Crippen molar-refractivity contribution in [3.8, 4) is 0 Å². The maximum absolute atomic E-state index is 10.7. The summed E-state index contributed by atoms with van der Waals surface area (Å²) in [4.78, 5) is 18.3. The van der Waals surface area contributed by atoms with Crippen molar-refractivity contribution < 1.29 is 9.90 Å². The second kappa shape index (κ2) is 7.94. The molecule has 1 unspecified atom stereocenters. The molecule has 0 aromatic carbocycles. The minimum Gasteiger partial charge on any atom is -0.389 e. The fourth-order valence-electron chi connectivity index (χ4n) is 1.36. The predicted octanol–water partition coefficient (Wildman–Crippen LogP) is 3.73. The van der Waals surface area contributed by atoms with Crippen LogP contribution in [0.25, 0.3) is 0 Å². The van der Waals surface area contributed by atoms with Gasteiger partial charge in [-0.3, -0.25) is 4.79 Å². The van der Waals surface area contributed by atoms with Crippen LogP contribution in [0, 0.1) is 0 Å². The number of carbonyl (C=O) groups is 1. The lowest BCUT2D eigenvalue weighted by Crippen LogP contribution is -1.93. The zero-order valence-electron chi connectivity index (χ0n) is 11.0. The van der Waals surface area contributed by atoms with E-state index < -0.39 is 6.10 Å². The molecule has 2 heterocycles. The van der Waals surface area contributed by atoms with Gasteiger partial charge in [-0.25, -0.2) is 9.97 Å². The van der Waals surface area contributed by atoms with Crippen LogP contribution in [-0.2, 0) is 0 Å². The van der Waals surface area contributed by atoms with Crippen LogP contribution in [0.3, 0.4) is 0 Å². The molecule has 2 rings (SSSR count). The molecule has 4 nitrogen and oxygen atoms in total. The molecular formula is C14H14Cl2N2O2. The average molecular weight is 313 g/mol. The molecule has 0 aliphatic carbocycles. The number of aliphatic hydroxyl groups excluding tert-OH is 1. The van der Waals surface area contributed by atoms with Gasteiger partial charge in [0.2, 0.25) is 0 Å². The number of carbonyl (C=O) groups excluding carboxylic acids is 1. The molecule has 0 bridgehead atoms. The number of pyridine rings is 2. The molecule has 2 aromatic rings. The average Bonchev–Trinajstić information content (AvgIpc) is 2.40. The van der Waals surface area contributed by atoms with E-state index in [9.17, 15) is 4.79 Å². The quantitative estimate of drug-likeness (QED) is 0.678. The summed E-state index contributed by atoms with van der Waals surface area (Å²) >= 11 is 11.2. The predicted molar refractivity (Wildman–Crippen MR) is 79.1 cm³/mol. The van der Waals surface area contributed by atoms with E-state index in [1.807, 2.05) is 0 Å². The summed E-state index contributed by atoms with van der Waals surface area (Å²) in [5.74, 6) is -0.0573. The number of halogens is 2. The highest BCUT2D eigenvalue weighted by molar-refractivity contribution is 6.32. The molecule has 0 aliphatic rings. The van der Waals surface area contributed by atoms with Gasteiger partial charge >= 0.3 is 0 Å². The highest BCUT2D eigenvalue weighted by Gasteiger charge is 2.04. The smallest absolute Gasteiger partial charge is 0.162 e. The number of Topliss-reactive ketones (excluding diaryl/α,β-unsaturated/α-hetero) is 1. The van der Waals surface area contributed by atoms with Crippen LogP contribution >= 0.6 is 23.2 Å². The lowest BCUT2D eigenvalue weighted by molar-refractivity contribution is 0.101. The first-order valence-corrected chi connectivity index (χ1v) is 6.59. The second-order valence-electron chi connectivity index (χ2n) is 3.96. The van der Waals surface area contributed by atoms with E-state index in [0.29, 0.717) is 16.3 Å². The molecule has 6 heteroatoms. The standard InChI is InChI=1S/C7H8ClNO.C7H6ClNO/c2*1-5(10)6-3-2-4-9-7(6)8/h2-5,10H,1H3;2-4H,1H3. The summed E-state index contributed by atoms with van der Waals surface area (Å²) in [5.41, 5.74) is 1.15. The van der Waals surface area contributed by atoms with Crippen LogP contribution in [0.15, 0.2) is 36.7 Å². The van der Waals surface area contributed by atoms with E-state index in [1.165, 1.54) is 6.92 Å². The Morgan fingerprint density at radius 1 is 1.15 bits per heavy atom. The van der Waals surface area contributed by atoms with Gasteiger partial charge in [0.15, 0.2) is 5.78 Å². The van der Waals surface area contributed by atoms with Gasteiger partial charge in [-0.05, 0) is 32.0 Å². The first-order chi connectivity index (χ1) is 9.43. The lowest BCUT2D eigenvalue weighted by Gasteiger charge is -2.03. The Morgan fingerprint density at radius 2 is 1.70 bits per heavy atom. The molecule has 1 atom stereocenters. The number of aromatic nitrogens is 2. The van der Waals surface area contributed by atoms with E-state index >= 15 is 0 Å². The molecular weight excluding hydrogens is 299 g/mol. The molecule has 0 saturated carbocycles. The van der Waals surface area contributed by atoms with Crippen LogP contribution in [0.1, 0.15) is 35.9 Å². The minimum absolute atomic E-state index is 0.0573. The summed E-state index contributed by atoms with van der Waals surface area (Å²) in [6, 6.07) is 6.83. The first-order valence-electron chi connectivity index (χ1n) is 5.83. The zero-order valence-corrected chi connectivity index (χ0v) is 12.6. The van der Waals surface area contributed by atoms with Crippen molar-refractivity contribution in [3.63, 3.8) is 0 Å². The van der Waals surface area contributed by atoms with Crippen LogP contribution in [0.4, 0.5) is 0 Å². The third-order valence-electron chi connectivity index (χ3n) is 2.38. The summed E-state index contributed by atoms with van der Waals surface area (Å²) in [7, 11) is 0. The third kappa shape index (κ3) is 4.89. The molecule has 1 N–H and O–H groups in total. The summed E-state index contributed by atoms with van der Waals surface area (Å²) in [6.45, 7) is 3.12. The number of hydrogen-bond donors (Lipinski definition) is 1. The van der Waals surface area contributed by atoms with Gasteiger partial charge in [-0.2, -0.15) is 0 Å². The highest BCUT2D eigenvalue weighted by Crippen LogP contribution is 2.18. The van der Waals surface area contributed by atoms with Gasteiger partial charge in [0, 0.05) is 18.0 Å². The molecule has 0 saturated heterocycles. The van der Waals surface area contributed by atoms with Crippen molar-refractivity contribution in [1.82, 2.24) is 9.97 Å². The monoisotopic (exact) mass is 312 g/mol. The van der Waals surface area contributed by atoms with Crippen molar-refractivity contribution >= 4 is 29.0 Å².